The fourth-order valence-corrected chi connectivity index (χ4v) is 3.12. The van der Waals surface area contributed by atoms with Gasteiger partial charge in [0.1, 0.15) is 6.54 Å². The van der Waals surface area contributed by atoms with Crippen molar-refractivity contribution in [1.82, 2.24) is 26.0 Å². The normalized spacial score (nSPS) is 11.7. The van der Waals surface area contributed by atoms with E-state index >= 15 is 0 Å². The zero-order chi connectivity index (χ0) is 23.3. The molecular weight excluding hydrogens is 433 g/mol. The Labute approximate surface area is 186 Å². The van der Waals surface area contributed by atoms with Crippen molar-refractivity contribution in [2.75, 3.05) is 11.9 Å². The van der Waals surface area contributed by atoms with Gasteiger partial charge in [0.15, 0.2) is 0 Å². The Morgan fingerprint density at radius 3 is 2.64 bits per heavy atom. The molecule has 7 nitrogen and oxygen atoms in total. The fourth-order valence-electron chi connectivity index (χ4n) is 3.12. The maximum absolute atomic E-state index is 12.3. The van der Waals surface area contributed by atoms with Gasteiger partial charge in [0.2, 0.25) is 0 Å². The minimum absolute atomic E-state index is 0.191. The van der Waals surface area contributed by atoms with Crippen LogP contribution in [0.15, 0.2) is 66.9 Å². The third-order valence-electron chi connectivity index (χ3n) is 4.63. The van der Waals surface area contributed by atoms with E-state index in [1.165, 1.54) is 6.07 Å². The number of halogens is 3. The van der Waals surface area contributed by atoms with E-state index in [-0.39, 0.29) is 5.56 Å². The number of benzene rings is 2. The van der Waals surface area contributed by atoms with Crippen molar-refractivity contribution in [3.05, 3.63) is 83.8 Å². The maximum atomic E-state index is 12.3. The number of nitrogens with one attached hydrogen (secondary N) is 4. The lowest BCUT2D eigenvalue weighted by Gasteiger charge is -2.13. The Kier molecular flexibility index (Phi) is 6.36. The largest absolute Gasteiger partial charge is 0.402 e. The van der Waals surface area contributed by atoms with E-state index in [1.54, 1.807) is 24.4 Å². The van der Waals surface area contributed by atoms with Crippen LogP contribution in [0.4, 0.5) is 24.5 Å². The molecule has 0 spiro atoms. The van der Waals surface area contributed by atoms with Crippen molar-refractivity contribution in [2.24, 2.45) is 0 Å². The van der Waals surface area contributed by atoms with Crippen LogP contribution in [-0.4, -0.2) is 33.8 Å². The summed E-state index contributed by atoms with van der Waals surface area (Å²) in [4.78, 5) is 16.6. The molecule has 4 N–H and O–H groups in total. The molecule has 0 saturated heterocycles. The third kappa shape index (κ3) is 5.74. The standard InChI is InChI=1S/C23H19F3N6O/c24-23(25,26)14-28-32-22(33)18-6-1-2-7-19(18)29-16-8-10-17-20(30-31-21(17)13-16)11-9-15-5-3-4-12-27-15/h1-13,28-29H,14H2,(H,30,31)(H,32,33)/b11-9+. The van der Waals surface area contributed by atoms with Gasteiger partial charge in [-0.15, -0.1) is 0 Å². The van der Waals surface area contributed by atoms with E-state index in [0.717, 1.165) is 22.3 Å². The van der Waals surface area contributed by atoms with Gasteiger partial charge in [-0.2, -0.15) is 18.3 Å². The van der Waals surface area contributed by atoms with Gasteiger partial charge in [0, 0.05) is 17.3 Å². The highest BCUT2D eigenvalue weighted by Crippen LogP contribution is 2.26. The molecule has 0 aliphatic rings. The quantitative estimate of drug-likeness (QED) is 0.306. The summed E-state index contributed by atoms with van der Waals surface area (Å²) in [6.45, 7) is -1.33. The molecule has 2 heterocycles. The monoisotopic (exact) mass is 452 g/mol. The topological polar surface area (TPSA) is 94.7 Å². The molecule has 0 atom stereocenters. The van der Waals surface area contributed by atoms with Gasteiger partial charge < -0.3 is 5.32 Å². The number of hydrogen-bond acceptors (Lipinski definition) is 5. The smallest absolute Gasteiger partial charge is 0.355 e. The van der Waals surface area contributed by atoms with Crippen LogP contribution in [0.5, 0.6) is 0 Å². The first kappa shape index (κ1) is 22.0. The van der Waals surface area contributed by atoms with E-state index in [4.69, 9.17) is 0 Å². The molecule has 168 valence electrons. The minimum Gasteiger partial charge on any atom is -0.355 e. The van der Waals surface area contributed by atoms with Crippen molar-refractivity contribution in [3.63, 3.8) is 0 Å². The van der Waals surface area contributed by atoms with Crippen LogP contribution < -0.4 is 16.2 Å². The average molecular weight is 452 g/mol. The van der Waals surface area contributed by atoms with Crippen LogP contribution >= 0.6 is 0 Å². The van der Waals surface area contributed by atoms with Gasteiger partial charge in [0.05, 0.1) is 28.2 Å². The lowest BCUT2D eigenvalue weighted by atomic mass is 10.1. The van der Waals surface area contributed by atoms with Crippen molar-refractivity contribution in [1.29, 1.82) is 0 Å². The Balaban J connectivity index is 1.49. The number of pyridine rings is 1. The first-order valence-electron chi connectivity index (χ1n) is 9.92. The van der Waals surface area contributed by atoms with Crippen LogP contribution in [-0.2, 0) is 0 Å². The number of rotatable bonds is 7. The molecule has 1 amide bonds. The molecule has 0 aliphatic carbocycles. The van der Waals surface area contributed by atoms with Crippen LogP contribution in [0.1, 0.15) is 21.7 Å². The summed E-state index contributed by atoms with van der Waals surface area (Å²) in [6, 6.07) is 17.7. The second-order valence-corrected chi connectivity index (χ2v) is 7.05. The van der Waals surface area contributed by atoms with E-state index in [9.17, 15) is 18.0 Å². The average Bonchev–Trinajstić information content (AvgIpc) is 3.20. The van der Waals surface area contributed by atoms with Crippen LogP contribution in [0, 0.1) is 0 Å². The predicted octanol–water partition coefficient (Wildman–Crippen LogP) is 4.67. The Morgan fingerprint density at radius 1 is 1.03 bits per heavy atom. The Morgan fingerprint density at radius 2 is 1.85 bits per heavy atom. The molecule has 4 rings (SSSR count). The minimum atomic E-state index is -4.43. The lowest BCUT2D eigenvalue weighted by Crippen LogP contribution is -2.42. The first-order valence-corrected chi connectivity index (χ1v) is 9.92. The molecule has 0 aliphatic heterocycles. The summed E-state index contributed by atoms with van der Waals surface area (Å²) in [5.41, 5.74) is 7.59. The van der Waals surface area contributed by atoms with Crippen molar-refractivity contribution < 1.29 is 18.0 Å². The second kappa shape index (κ2) is 9.53. The van der Waals surface area contributed by atoms with Crippen molar-refractivity contribution in [3.8, 4) is 0 Å². The number of fused-ring (bicyclic) bond motifs is 1. The maximum Gasteiger partial charge on any atom is 0.402 e. The SMILES string of the molecule is O=C(NNCC(F)(F)F)c1ccccc1Nc1ccc2c(/C=C/c3ccccn3)n[nH]c2c1. The van der Waals surface area contributed by atoms with Gasteiger partial charge in [-0.1, -0.05) is 18.2 Å². The molecule has 10 heteroatoms. The number of hydrazine groups is 1. The predicted molar refractivity (Wildman–Crippen MR) is 121 cm³/mol. The highest BCUT2D eigenvalue weighted by Gasteiger charge is 2.27. The number of H-pyrrole nitrogens is 1. The van der Waals surface area contributed by atoms with Crippen molar-refractivity contribution >= 4 is 40.3 Å². The highest BCUT2D eigenvalue weighted by molar-refractivity contribution is 6.00. The van der Waals surface area contributed by atoms with E-state index in [0.29, 0.717) is 11.4 Å². The number of alkyl halides is 3. The van der Waals surface area contributed by atoms with E-state index < -0.39 is 18.6 Å². The number of para-hydroxylation sites is 1. The third-order valence-corrected chi connectivity index (χ3v) is 4.63. The van der Waals surface area contributed by atoms with Crippen molar-refractivity contribution in [2.45, 2.75) is 6.18 Å². The van der Waals surface area contributed by atoms with Gasteiger partial charge >= 0.3 is 6.18 Å². The number of aromatic amines is 1. The molecule has 0 bridgehead atoms. The molecule has 4 aromatic rings. The first-order chi connectivity index (χ1) is 15.9. The van der Waals surface area contributed by atoms with Gasteiger partial charge in [-0.25, -0.2) is 5.43 Å². The van der Waals surface area contributed by atoms with Gasteiger partial charge in [-0.05, 0) is 54.6 Å². The molecule has 0 radical (unpaired) electrons. The highest BCUT2D eigenvalue weighted by atomic mass is 19.4. The number of hydrogen-bond donors (Lipinski definition) is 4. The second-order valence-electron chi connectivity index (χ2n) is 7.05. The number of amides is 1. The number of anilines is 2. The summed E-state index contributed by atoms with van der Waals surface area (Å²) < 4.78 is 36.9. The Bertz CT molecular complexity index is 1280. The summed E-state index contributed by atoms with van der Waals surface area (Å²) in [6.07, 6.45) is 1.01. The summed E-state index contributed by atoms with van der Waals surface area (Å²) in [7, 11) is 0. The van der Waals surface area contributed by atoms with E-state index in [2.05, 4.69) is 25.9 Å². The fraction of sp³-hybridized carbons (Fsp3) is 0.0870. The lowest BCUT2D eigenvalue weighted by molar-refractivity contribution is -0.126. The zero-order valence-electron chi connectivity index (χ0n) is 17.1. The van der Waals surface area contributed by atoms with Crippen LogP contribution in [0.25, 0.3) is 23.1 Å². The number of carbonyl (C=O) groups is 1. The summed E-state index contributed by atoms with van der Waals surface area (Å²) >= 11 is 0. The van der Waals surface area contributed by atoms with Crippen LogP contribution in [0.3, 0.4) is 0 Å². The summed E-state index contributed by atoms with van der Waals surface area (Å²) in [5.74, 6) is -0.688. The molecular formula is C23H19F3N6O. The number of carbonyl (C=O) groups excluding carboxylic acids is 1. The number of aromatic nitrogens is 3. The van der Waals surface area contributed by atoms with Gasteiger partial charge in [0.25, 0.3) is 5.91 Å². The number of nitrogens with zero attached hydrogens (tertiary/aromatic N) is 2. The van der Waals surface area contributed by atoms with E-state index in [1.807, 2.05) is 54.0 Å². The Hall–Kier alpha value is -4.18. The molecule has 0 saturated carbocycles. The molecule has 2 aromatic heterocycles. The van der Waals surface area contributed by atoms with Gasteiger partial charge in [-0.3, -0.25) is 20.3 Å². The molecule has 2 aromatic carbocycles. The molecule has 0 fully saturated rings. The van der Waals surface area contributed by atoms with Crippen LogP contribution in [0.2, 0.25) is 0 Å². The molecule has 0 unspecified atom stereocenters. The zero-order valence-corrected chi connectivity index (χ0v) is 17.1. The summed E-state index contributed by atoms with van der Waals surface area (Å²) in [5, 5.41) is 11.3. The molecule has 33 heavy (non-hydrogen) atoms.